The first-order valence-corrected chi connectivity index (χ1v) is 8.61. The Bertz CT molecular complexity index is 582. The molecule has 7 heteroatoms. The molecular weight excluding hydrogens is 296 g/mol. The van der Waals surface area contributed by atoms with Crippen molar-refractivity contribution in [1.29, 1.82) is 0 Å². The molecule has 2 bridgehead atoms. The minimum Gasteiger partial charge on any atom is -0.460 e. The van der Waals surface area contributed by atoms with Crippen molar-refractivity contribution in [2.24, 2.45) is 11.8 Å². The van der Waals surface area contributed by atoms with E-state index in [2.05, 4.69) is 6.58 Å². The lowest BCUT2D eigenvalue weighted by Crippen LogP contribution is -2.47. The van der Waals surface area contributed by atoms with Crippen LogP contribution < -0.4 is 0 Å². The molecule has 3 aliphatic rings. The van der Waals surface area contributed by atoms with E-state index in [-0.39, 0.29) is 30.3 Å². The van der Waals surface area contributed by atoms with Crippen LogP contribution in [0.5, 0.6) is 0 Å². The summed E-state index contributed by atoms with van der Waals surface area (Å²) >= 11 is 0. The topological polar surface area (TPSA) is 78.9 Å². The number of rotatable bonds is 5. The van der Waals surface area contributed by atoms with Gasteiger partial charge >= 0.3 is 5.97 Å². The highest BCUT2D eigenvalue weighted by Gasteiger charge is 2.69. The number of ether oxygens (including phenoxy) is 2. The van der Waals surface area contributed by atoms with Crippen molar-refractivity contribution >= 4 is 16.1 Å². The quantitative estimate of drug-likeness (QED) is 0.326. The lowest BCUT2D eigenvalue weighted by Gasteiger charge is -2.36. The van der Waals surface area contributed by atoms with Gasteiger partial charge in [0.2, 0.25) is 0 Å². The molecule has 0 spiro atoms. The zero-order valence-corrected chi connectivity index (χ0v) is 13.0. The number of fused-ring (bicyclic) bond motifs is 1. The standard InChI is InChI=1S/C14H20O6S/c1-8(2)13(15)18-4-5-19-14(3)9-6-10-11(7-9)21(16,17)20-12(10)14/h9-12H,1,4-7H2,2-3H3. The van der Waals surface area contributed by atoms with Gasteiger partial charge in [0.25, 0.3) is 10.1 Å². The van der Waals surface area contributed by atoms with Crippen molar-refractivity contribution < 1.29 is 26.9 Å². The molecule has 6 nitrogen and oxygen atoms in total. The molecule has 0 radical (unpaired) electrons. The summed E-state index contributed by atoms with van der Waals surface area (Å²) in [7, 11) is -3.43. The van der Waals surface area contributed by atoms with E-state index in [1.165, 1.54) is 0 Å². The Kier molecular flexibility index (Phi) is 3.42. The highest BCUT2D eigenvalue weighted by atomic mass is 32.2. The smallest absolute Gasteiger partial charge is 0.333 e. The molecule has 0 aromatic carbocycles. The first-order valence-electron chi connectivity index (χ1n) is 7.14. The van der Waals surface area contributed by atoms with Gasteiger partial charge in [0.1, 0.15) is 12.7 Å². The van der Waals surface area contributed by atoms with Crippen LogP contribution in [0.3, 0.4) is 0 Å². The van der Waals surface area contributed by atoms with Gasteiger partial charge < -0.3 is 9.47 Å². The number of hydrogen-bond acceptors (Lipinski definition) is 6. The highest BCUT2D eigenvalue weighted by molar-refractivity contribution is 7.87. The third kappa shape index (κ3) is 2.22. The average Bonchev–Trinajstić information content (AvgIpc) is 2.99. The monoisotopic (exact) mass is 316 g/mol. The van der Waals surface area contributed by atoms with Crippen LogP contribution in [0.1, 0.15) is 26.7 Å². The molecule has 3 rings (SSSR count). The summed E-state index contributed by atoms with van der Waals surface area (Å²) in [5.41, 5.74) is -0.269. The fourth-order valence-corrected chi connectivity index (χ4v) is 5.82. The maximum Gasteiger partial charge on any atom is 0.333 e. The summed E-state index contributed by atoms with van der Waals surface area (Å²) in [6.45, 7) is 7.34. The predicted octanol–water partition coefficient (Wildman–Crippen LogP) is 1.02. The molecule has 1 heterocycles. The molecule has 1 aliphatic heterocycles. The van der Waals surface area contributed by atoms with Crippen molar-refractivity contribution in [2.45, 2.75) is 43.6 Å². The van der Waals surface area contributed by atoms with E-state index < -0.39 is 27.8 Å². The molecule has 118 valence electrons. The molecule has 5 unspecified atom stereocenters. The van der Waals surface area contributed by atoms with E-state index in [4.69, 9.17) is 13.7 Å². The van der Waals surface area contributed by atoms with Crippen molar-refractivity contribution in [3.05, 3.63) is 12.2 Å². The zero-order chi connectivity index (χ0) is 15.4. The molecule has 0 aromatic heterocycles. The second-order valence-electron chi connectivity index (χ2n) is 6.33. The summed E-state index contributed by atoms with van der Waals surface area (Å²) in [4.78, 5) is 11.3. The van der Waals surface area contributed by atoms with Crippen molar-refractivity contribution in [1.82, 2.24) is 0 Å². The SMILES string of the molecule is C=C(C)C(=O)OCCOC1(C)C2CC3C1OS(=O)(=O)C3C2. The van der Waals surface area contributed by atoms with Crippen LogP contribution in [0.25, 0.3) is 0 Å². The fraction of sp³-hybridized carbons (Fsp3) is 0.786. The Morgan fingerprint density at radius 2 is 2.10 bits per heavy atom. The van der Waals surface area contributed by atoms with Gasteiger partial charge in [0.15, 0.2) is 0 Å². The molecule has 0 aromatic rings. The molecule has 1 saturated heterocycles. The third-order valence-corrected chi connectivity index (χ3v) is 6.76. The third-order valence-electron chi connectivity index (χ3n) is 5.00. The van der Waals surface area contributed by atoms with E-state index in [1.807, 2.05) is 6.92 Å². The van der Waals surface area contributed by atoms with Crippen LogP contribution in [0.4, 0.5) is 0 Å². The van der Waals surface area contributed by atoms with Gasteiger partial charge in [0.05, 0.1) is 17.5 Å². The van der Waals surface area contributed by atoms with Crippen LogP contribution >= 0.6 is 0 Å². The van der Waals surface area contributed by atoms with Crippen LogP contribution in [0, 0.1) is 11.8 Å². The van der Waals surface area contributed by atoms with E-state index in [1.54, 1.807) is 6.92 Å². The number of carbonyl (C=O) groups excluding carboxylic acids is 1. The molecule has 2 aliphatic carbocycles. The van der Waals surface area contributed by atoms with Gasteiger partial charge in [-0.25, -0.2) is 4.79 Å². The summed E-state index contributed by atoms with van der Waals surface area (Å²) in [6.07, 6.45) is 1.03. The molecular formula is C14H20O6S. The average molecular weight is 316 g/mol. The van der Waals surface area contributed by atoms with E-state index in [0.29, 0.717) is 12.0 Å². The number of hydrogen-bond donors (Lipinski definition) is 0. The largest absolute Gasteiger partial charge is 0.460 e. The second kappa shape index (κ2) is 4.79. The van der Waals surface area contributed by atoms with Crippen LogP contribution in [-0.2, 0) is 28.6 Å². The summed E-state index contributed by atoms with van der Waals surface area (Å²) < 4.78 is 40.0. The van der Waals surface area contributed by atoms with Crippen molar-refractivity contribution in [3.63, 3.8) is 0 Å². The van der Waals surface area contributed by atoms with Gasteiger partial charge in [-0.05, 0) is 32.6 Å². The Balaban J connectivity index is 1.60. The van der Waals surface area contributed by atoms with Gasteiger partial charge in [-0.15, -0.1) is 0 Å². The molecule has 0 N–H and O–H groups in total. The Morgan fingerprint density at radius 1 is 1.38 bits per heavy atom. The van der Waals surface area contributed by atoms with E-state index >= 15 is 0 Å². The van der Waals surface area contributed by atoms with Gasteiger partial charge in [-0.1, -0.05) is 6.58 Å². The summed E-state index contributed by atoms with van der Waals surface area (Å²) in [6, 6.07) is 0. The molecule has 2 saturated carbocycles. The highest BCUT2D eigenvalue weighted by Crippen LogP contribution is 2.60. The fourth-order valence-electron chi connectivity index (χ4n) is 3.91. The van der Waals surface area contributed by atoms with Crippen molar-refractivity contribution in [3.8, 4) is 0 Å². The maximum absolute atomic E-state index is 11.9. The molecule has 0 amide bonds. The number of carbonyl (C=O) groups is 1. The first kappa shape index (κ1) is 15.0. The molecule has 21 heavy (non-hydrogen) atoms. The van der Waals surface area contributed by atoms with Gasteiger partial charge in [0, 0.05) is 11.5 Å². The summed E-state index contributed by atoms with van der Waals surface area (Å²) in [5.74, 6) is -0.217. The van der Waals surface area contributed by atoms with Crippen LogP contribution in [0.2, 0.25) is 0 Å². The number of esters is 1. The first-order chi connectivity index (χ1) is 9.75. The minimum atomic E-state index is -3.43. The van der Waals surface area contributed by atoms with Crippen molar-refractivity contribution in [2.75, 3.05) is 13.2 Å². The lowest BCUT2D eigenvalue weighted by molar-refractivity contribution is -0.150. The maximum atomic E-state index is 11.9. The Hall–Kier alpha value is -0.920. The van der Waals surface area contributed by atoms with E-state index in [0.717, 1.165) is 6.42 Å². The Morgan fingerprint density at radius 3 is 2.76 bits per heavy atom. The van der Waals surface area contributed by atoms with Crippen LogP contribution in [-0.4, -0.2) is 44.6 Å². The Labute approximate surface area is 124 Å². The normalized spacial score (nSPS) is 42.2. The second-order valence-corrected chi connectivity index (χ2v) is 8.11. The van der Waals surface area contributed by atoms with Gasteiger partial charge in [-0.2, -0.15) is 8.42 Å². The summed E-state index contributed by atoms with van der Waals surface area (Å²) in [5, 5.41) is -0.356. The van der Waals surface area contributed by atoms with Crippen LogP contribution in [0.15, 0.2) is 12.2 Å². The van der Waals surface area contributed by atoms with Gasteiger partial charge in [-0.3, -0.25) is 4.18 Å². The molecule has 3 fully saturated rings. The lowest BCUT2D eigenvalue weighted by atomic mass is 9.83. The zero-order valence-electron chi connectivity index (χ0n) is 12.2. The molecule has 5 atom stereocenters. The van der Waals surface area contributed by atoms with E-state index in [9.17, 15) is 13.2 Å². The predicted molar refractivity (Wildman–Crippen MR) is 73.9 cm³/mol. The minimum absolute atomic E-state index is 0.0444.